The highest BCUT2D eigenvalue weighted by Gasteiger charge is 2.12. The first-order valence-electron chi connectivity index (χ1n) is 5.78. The Morgan fingerprint density at radius 2 is 2.06 bits per heavy atom. The SMILES string of the molecule is NC(=S)c1ccc(NC2CCCCC2)cn1. The molecule has 1 aromatic rings. The molecule has 0 atom stereocenters. The molecule has 0 spiro atoms. The Morgan fingerprint density at radius 1 is 1.31 bits per heavy atom. The van der Waals surface area contributed by atoms with E-state index < -0.39 is 0 Å². The van der Waals surface area contributed by atoms with Gasteiger partial charge in [0.25, 0.3) is 0 Å². The Bertz CT molecular complexity index is 355. The summed E-state index contributed by atoms with van der Waals surface area (Å²) in [6, 6.07) is 4.47. The number of nitrogens with one attached hydrogen (secondary N) is 1. The zero-order chi connectivity index (χ0) is 11.4. The largest absolute Gasteiger partial charge is 0.388 e. The summed E-state index contributed by atoms with van der Waals surface area (Å²) < 4.78 is 0. The van der Waals surface area contributed by atoms with Crippen LogP contribution in [0.15, 0.2) is 18.3 Å². The van der Waals surface area contributed by atoms with Gasteiger partial charge in [-0.05, 0) is 25.0 Å². The number of hydrogen-bond acceptors (Lipinski definition) is 3. The van der Waals surface area contributed by atoms with E-state index >= 15 is 0 Å². The predicted octanol–water partition coefficient (Wildman–Crippen LogP) is 2.46. The molecule has 86 valence electrons. The lowest BCUT2D eigenvalue weighted by Crippen LogP contribution is -2.22. The maximum Gasteiger partial charge on any atom is 0.122 e. The van der Waals surface area contributed by atoms with Crippen LogP contribution in [0.2, 0.25) is 0 Å². The molecular weight excluding hydrogens is 218 g/mol. The van der Waals surface area contributed by atoms with Crippen molar-refractivity contribution in [2.75, 3.05) is 5.32 Å². The van der Waals surface area contributed by atoms with Crippen LogP contribution in [0.25, 0.3) is 0 Å². The van der Waals surface area contributed by atoms with Crippen LogP contribution < -0.4 is 11.1 Å². The highest BCUT2D eigenvalue weighted by Crippen LogP contribution is 2.21. The third-order valence-electron chi connectivity index (χ3n) is 2.99. The third kappa shape index (κ3) is 2.92. The Kier molecular flexibility index (Phi) is 3.72. The van der Waals surface area contributed by atoms with Gasteiger partial charge in [0, 0.05) is 6.04 Å². The second-order valence-electron chi connectivity index (χ2n) is 4.28. The average molecular weight is 235 g/mol. The van der Waals surface area contributed by atoms with Crippen LogP contribution >= 0.6 is 12.2 Å². The Balaban J connectivity index is 1.96. The summed E-state index contributed by atoms with van der Waals surface area (Å²) >= 11 is 4.86. The van der Waals surface area contributed by atoms with Crippen molar-refractivity contribution in [2.45, 2.75) is 38.1 Å². The molecule has 0 amide bonds. The molecule has 1 saturated carbocycles. The normalized spacial score (nSPS) is 17.0. The van der Waals surface area contributed by atoms with Crippen LogP contribution in [-0.2, 0) is 0 Å². The Morgan fingerprint density at radius 3 is 2.62 bits per heavy atom. The number of anilines is 1. The smallest absolute Gasteiger partial charge is 0.122 e. The standard InChI is InChI=1S/C12H17N3S/c13-12(16)11-7-6-10(8-14-11)15-9-4-2-1-3-5-9/h6-9,15H,1-5H2,(H2,13,16). The lowest BCUT2D eigenvalue weighted by molar-refractivity contribution is 0.462. The zero-order valence-corrected chi connectivity index (χ0v) is 10.1. The van der Waals surface area contributed by atoms with Crippen molar-refractivity contribution in [3.05, 3.63) is 24.0 Å². The maximum absolute atomic E-state index is 5.50. The highest BCUT2D eigenvalue weighted by molar-refractivity contribution is 7.80. The molecule has 0 radical (unpaired) electrons. The molecule has 1 fully saturated rings. The van der Waals surface area contributed by atoms with Crippen molar-refractivity contribution in [3.8, 4) is 0 Å². The lowest BCUT2D eigenvalue weighted by atomic mass is 9.95. The number of nitrogens with two attached hydrogens (primary N) is 1. The van der Waals surface area contributed by atoms with Crippen LogP contribution in [0.5, 0.6) is 0 Å². The van der Waals surface area contributed by atoms with Crippen LogP contribution in [0.3, 0.4) is 0 Å². The molecule has 4 heteroatoms. The highest BCUT2D eigenvalue weighted by atomic mass is 32.1. The van der Waals surface area contributed by atoms with Crippen molar-refractivity contribution in [3.63, 3.8) is 0 Å². The second kappa shape index (κ2) is 5.25. The van der Waals surface area contributed by atoms with Crippen LogP contribution in [-0.4, -0.2) is 16.0 Å². The van der Waals surface area contributed by atoms with Gasteiger partial charge in [0.2, 0.25) is 0 Å². The Labute approximate surface area is 101 Å². The van der Waals surface area contributed by atoms with Crippen LogP contribution in [0.1, 0.15) is 37.8 Å². The molecule has 0 bridgehead atoms. The van der Waals surface area contributed by atoms with E-state index in [4.69, 9.17) is 18.0 Å². The number of hydrogen-bond donors (Lipinski definition) is 2. The van der Waals surface area contributed by atoms with Gasteiger partial charge in [-0.1, -0.05) is 31.5 Å². The van der Waals surface area contributed by atoms with E-state index in [2.05, 4.69) is 10.3 Å². The van der Waals surface area contributed by atoms with E-state index in [0.29, 0.717) is 16.7 Å². The first-order valence-corrected chi connectivity index (χ1v) is 6.19. The van der Waals surface area contributed by atoms with E-state index in [9.17, 15) is 0 Å². The minimum absolute atomic E-state index is 0.351. The lowest BCUT2D eigenvalue weighted by Gasteiger charge is -2.23. The summed E-state index contributed by atoms with van der Waals surface area (Å²) in [7, 11) is 0. The van der Waals surface area contributed by atoms with E-state index in [1.807, 2.05) is 18.3 Å². The summed E-state index contributed by atoms with van der Waals surface area (Å²) in [4.78, 5) is 4.57. The fourth-order valence-corrected chi connectivity index (χ4v) is 2.23. The van der Waals surface area contributed by atoms with Gasteiger partial charge in [-0.3, -0.25) is 4.98 Å². The zero-order valence-electron chi connectivity index (χ0n) is 9.28. The third-order valence-corrected chi connectivity index (χ3v) is 3.20. The molecule has 1 aliphatic rings. The number of aromatic nitrogens is 1. The Hall–Kier alpha value is -1.16. The van der Waals surface area contributed by atoms with Gasteiger partial charge in [-0.15, -0.1) is 0 Å². The molecule has 0 unspecified atom stereocenters. The number of pyridine rings is 1. The van der Waals surface area contributed by atoms with Crippen molar-refractivity contribution in [1.82, 2.24) is 4.98 Å². The summed E-state index contributed by atoms with van der Waals surface area (Å²) in [5.74, 6) is 0. The molecule has 1 heterocycles. The summed E-state index contributed by atoms with van der Waals surface area (Å²) in [5.41, 5.74) is 7.24. The van der Waals surface area contributed by atoms with E-state index in [0.717, 1.165) is 5.69 Å². The van der Waals surface area contributed by atoms with E-state index in [1.54, 1.807) is 0 Å². The molecule has 0 aliphatic heterocycles. The summed E-state index contributed by atoms with van der Waals surface area (Å²) in [5, 5.41) is 3.50. The van der Waals surface area contributed by atoms with Crippen molar-refractivity contribution in [2.24, 2.45) is 5.73 Å². The number of thiocarbonyl (C=S) groups is 1. The molecule has 16 heavy (non-hydrogen) atoms. The fraction of sp³-hybridized carbons (Fsp3) is 0.500. The maximum atomic E-state index is 5.50. The molecule has 0 aromatic carbocycles. The molecule has 0 saturated heterocycles. The monoisotopic (exact) mass is 235 g/mol. The van der Waals surface area contributed by atoms with Gasteiger partial charge in [-0.2, -0.15) is 0 Å². The van der Waals surface area contributed by atoms with E-state index in [1.165, 1.54) is 32.1 Å². The minimum atomic E-state index is 0.351. The van der Waals surface area contributed by atoms with Gasteiger partial charge < -0.3 is 11.1 Å². The summed E-state index contributed by atoms with van der Waals surface area (Å²) in [6.45, 7) is 0. The minimum Gasteiger partial charge on any atom is -0.388 e. The second-order valence-corrected chi connectivity index (χ2v) is 4.72. The van der Waals surface area contributed by atoms with Crippen molar-refractivity contribution >= 4 is 22.9 Å². The summed E-state index contributed by atoms with van der Waals surface area (Å²) in [6.07, 6.45) is 8.36. The van der Waals surface area contributed by atoms with Gasteiger partial charge >= 0.3 is 0 Å². The van der Waals surface area contributed by atoms with Crippen LogP contribution in [0, 0.1) is 0 Å². The molecule has 3 N–H and O–H groups in total. The molecule has 3 nitrogen and oxygen atoms in total. The van der Waals surface area contributed by atoms with E-state index in [-0.39, 0.29) is 0 Å². The fourth-order valence-electron chi connectivity index (χ4n) is 2.11. The molecule has 1 aliphatic carbocycles. The predicted molar refractivity (Wildman–Crippen MR) is 70.6 cm³/mol. The van der Waals surface area contributed by atoms with Gasteiger partial charge in [0.1, 0.15) is 4.99 Å². The van der Waals surface area contributed by atoms with Crippen LogP contribution in [0.4, 0.5) is 5.69 Å². The van der Waals surface area contributed by atoms with Gasteiger partial charge in [0.15, 0.2) is 0 Å². The van der Waals surface area contributed by atoms with Gasteiger partial charge in [0.05, 0.1) is 17.6 Å². The first kappa shape index (κ1) is 11.3. The van der Waals surface area contributed by atoms with Crippen molar-refractivity contribution in [1.29, 1.82) is 0 Å². The topological polar surface area (TPSA) is 50.9 Å². The van der Waals surface area contributed by atoms with Crippen molar-refractivity contribution < 1.29 is 0 Å². The molecule has 1 aromatic heterocycles. The number of nitrogens with zero attached hydrogens (tertiary/aromatic N) is 1. The quantitative estimate of drug-likeness (QED) is 0.790. The van der Waals surface area contributed by atoms with Gasteiger partial charge in [-0.25, -0.2) is 0 Å². The average Bonchev–Trinajstić information content (AvgIpc) is 2.31. The first-order chi connectivity index (χ1) is 7.75. The molecule has 2 rings (SSSR count). The number of rotatable bonds is 3. The molecular formula is C12H17N3S.